The van der Waals surface area contributed by atoms with Crippen LogP contribution in [0.15, 0.2) is 122 Å². The van der Waals surface area contributed by atoms with Crippen molar-refractivity contribution in [2.75, 3.05) is 0 Å². The van der Waals surface area contributed by atoms with E-state index in [0.717, 1.165) is 28.8 Å². The van der Waals surface area contributed by atoms with Crippen LogP contribution in [0.1, 0.15) is 47.2 Å². The number of hydrogen-bond acceptors (Lipinski definition) is 6. The minimum absolute atomic E-state index is 0.0364. The van der Waals surface area contributed by atoms with E-state index in [1.54, 1.807) is 56.3 Å². The van der Waals surface area contributed by atoms with E-state index in [4.69, 9.17) is 14.2 Å². The molecule has 0 bridgehead atoms. The van der Waals surface area contributed by atoms with Crippen molar-refractivity contribution < 1.29 is 37.4 Å². The van der Waals surface area contributed by atoms with Crippen LogP contribution in [-0.2, 0) is 30.5 Å². The zero-order valence-electron chi connectivity index (χ0n) is 27.3. The number of halogens is 2. The second-order valence-electron chi connectivity index (χ2n) is 10.8. The van der Waals surface area contributed by atoms with Crippen molar-refractivity contribution in [3.8, 4) is 40.6 Å². The Kier molecular flexibility index (Phi) is 12.2. The zero-order valence-corrected chi connectivity index (χ0v) is 27.3. The molecule has 0 aliphatic carbocycles. The highest BCUT2D eigenvalue weighted by Crippen LogP contribution is 2.27. The van der Waals surface area contributed by atoms with Gasteiger partial charge in [-0.2, -0.15) is 0 Å². The van der Waals surface area contributed by atoms with E-state index in [-0.39, 0.29) is 23.5 Å². The average Bonchev–Trinajstić information content (AvgIpc) is 3.12. The number of esters is 3. The molecular weight excluding hydrogens is 638 g/mol. The van der Waals surface area contributed by atoms with Crippen LogP contribution in [0.4, 0.5) is 8.78 Å². The normalized spacial score (nSPS) is 10.2. The van der Waals surface area contributed by atoms with Crippen LogP contribution in [0.3, 0.4) is 0 Å². The molecule has 4 rings (SSSR count). The Labute approximate surface area is 289 Å². The molecule has 0 fully saturated rings. The molecule has 6 nitrogen and oxygen atoms in total. The van der Waals surface area contributed by atoms with Gasteiger partial charge in [-0.05, 0) is 66.4 Å². The standard InChI is InChI=1S/C42H30F2O6/c1-6-38(45)50-37-25-35(21-15-29-7-9-32(10-8-29)26-49-42(47)28(4)5)39(43)40(44)36(37)22-16-30-11-17-33(18-12-30)34-19-13-31(14-20-34)23-24-48-41(46)27(2)3/h6-14,17-20,23-25H,1-2,4,26H2,3,5H3. The number of carbonyl (C=O) groups excluding carboxylic acids is 3. The molecule has 0 heterocycles. The SMILES string of the molecule is C=CC(=O)Oc1cc(C#Cc2ccc(COC(=O)C(=C)C)cc2)c(F)c(F)c1C#Cc1ccc(-c2ccc(C=COC(=O)C(=C)C)cc2)cc1. The second-order valence-corrected chi connectivity index (χ2v) is 10.8. The van der Waals surface area contributed by atoms with Gasteiger partial charge in [0.05, 0.1) is 11.8 Å². The number of benzene rings is 4. The van der Waals surface area contributed by atoms with Gasteiger partial charge in [-0.3, -0.25) is 0 Å². The van der Waals surface area contributed by atoms with Crippen LogP contribution in [-0.4, -0.2) is 17.9 Å². The summed E-state index contributed by atoms with van der Waals surface area (Å²) in [6.45, 7) is 13.6. The van der Waals surface area contributed by atoms with E-state index in [2.05, 4.69) is 43.4 Å². The molecule has 0 saturated heterocycles. The van der Waals surface area contributed by atoms with Crippen LogP contribution in [0.25, 0.3) is 17.2 Å². The summed E-state index contributed by atoms with van der Waals surface area (Å²) in [5, 5.41) is 0. The third-order valence-electron chi connectivity index (χ3n) is 6.81. The van der Waals surface area contributed by atoms with E-state index in [0.29, 0.717) is 22.3 Å². The van der Waals surface area contributed by atoms with Crippen LogP contribution >= 0.6 is 0 Å². The Hall–Kier alpha value is -6.77. The maximum atomic E-state index is 15.4. The van der Waals surface area contributed by atoms with Crippen LogP contribution in [0, 0.1) is 35.3 Å². The van der Waals surface area contributed by atoms with Gasteiger partial charge in [0, 0.05) is 34.4 Å². The lowest BCUT2D eigenvalue weighted by Gasteiger charge is -2.08. The summed E-state index contributed by atoms with van der Waals surface area (Å²) in [6.07, 6.45) is 3.84. The maximum Gasteiger partial charge on any atom is 0.337 e. The molecule has 0 atom stereocenters. The molecule has 4 aromatic carbocycles. The Morgan fingerprint density at radius 3 is 1.88 bits per heavy atom. The number of carbonyl (C=O) groups is 3. The van der Waals surface area contributed by atoms with Crippen LogP contribution in [0.5, 0.6) is 5.75 Å². The van der Waals surface area contributed by atoms with Gasteiger partial charge in [-0.1, -0.05) is 91.9 Å². The van der Waals surface area contributed by atoms with E-state index in [9.17, 15) is 14.4 Å². The summed E-state index contributed by atoms with van der Waals surface area (Å²) in [6, 6.07) is 22.3. The van der Waals surface area contributed by atoms with Crippen LogP contribution < -0.4 is 4.74 Å². The first-order valence-corrected chi connectivity index (χ1v) is 15.0. The van der Waals surface area contributed by atoms with Crippen molar-refractivity contribution in [1.82, 2.24) is 0 Å². The van der Waals surface area contributed by atoms with E-state index < -0.39 is 35.1 Å². The second kappa shape index (κ2) is 16.9. The highest BCUT2D eigenvalue weighted by Gasteiger charge is 2.19. The first kappa shape index (κ1) is 36.1. The zero-order chi connectivity index (χ0) is 36.2. The molecule has 0 amide bonds. The van der Waals surface area contributed by atoms with Gasteiger partial charge < -0.3 is 14.2 Å². The lowest BCUT2D eigenvalue weighted by molar-refractivity contribution is -0.140. The summed E-state index contributed by atoms with van der Waals surface area (Å²) in [7, 11) is 0. The molecule has 0 aromatic heterocycles. The molecule has 0 aliphatic heterocycles. The molecule has 0 saturated carbocycles. The van der Waals surface area contributed by atoms with Gasteiger partial charge in [-0.15, -0.1) is 0 Å². The van der Waals surface area contributed by atoms with Crippen LogP contribution in [0.2, 0.25) is 0 Å². The van der Waals surface area contributed by atoms with Gasteiger partial charge in [0.1, 0.15) is 12.2 Å². The van der Waals surface area contributed by atoms with Gasteiger partial charge >= 0.3 is 17.9 Å². The summed E-state index contributed by atoms with van der Waals surface area (Å²) in [5.41, 5.74) is 4.04. The summed E-state index contributed by atoms with van der Waals surface area (Å²) in [4.78, 5) is 35.2. The Balaban J connectivity index is 1.53. The van der Waals surface area contributed by atoms with E-state index >= 15 is 8.78 Å². The van der Waals surface area contributed by atoms with Crippen molar-refractivity contribution >= 4 is 24.0 Å². The van der Waals surface area contributed by atoms with Crippen molar-refractivity contribution in [2.24, 2.45) is 0 Å². The number of hydrogen-bond donors (Lipinski definition) is 0. The first-order valence-electron chi connectivity index (χ1n) is 15.0. The fourth-order valence-corrected chi connectivity index (χ4v) is 4.08. The summed E-state index contributed by atoms with van der Waals surface area (Å²) in [5.74, 6) is 5.89. The largest absolute Gasteiger partial charge is 0.457 e. The highest BCUT2D eigenvalue weighted by atomic mass is 19.2. The molecule has 0 unspecified atom stereocenters. The quantitative estimate of drug-likeness (QED) is 0.0588. The molecule has 4 aromatic rings. The molecule has 248 valence electrons. The summed E-state index contributed by atoms with van der Waals surface area (Å²) < 4.78 is 45.9. The molecule has 0 aliphatic rings. The third kappa shape index (κ3) is 9.87. The van der Waals surface area contributed by atoms with Crippen molar-refractivity contribution in [2.45, 2.75) is 20.5 Å². The molecular formula is C42H30F2O6. The van der Waals surface area contributed by atoms with Gasteiger partial charge in [0.2, 0.25) is 0 Å². The average molecular weight is 669 g/mol. The minimum Gasteiger partial charge on any atom is -0.457 e. The van der Waals surface area contributed by atoms with Crippen molar-refractivity contribution in [3.05, 3.63) is 167 Å². The van der Waals surface area contributed by atoms with Gasteiger partial charge in [-0.25, -0.2) is 23.2 Å². The predicted octanol–water partition coefficient (Wildman–Crippen LogP) is 8.23. The third-order valence-corrected chi connectivity index (χ3v) is 6.81. The topological polar surface area (TPSA) is 78.9 Å². The number of ether oxygens (including phenoxy) is 3. The van der Waals surface area contributed by atoms with E-state index in [1.807, 2.05) is 36.4 Å². The van der Waals surface area contributed by atoms with Gasteiger partial charge in [0.15, 0.2) is 17.4 Å². The molecule has 0 radical (unpaired) electrons. The van der Waals surface area contributed by atoms with Gasteiger partial charge in [0.25, 0.3) is 0 Å². The van der Waals surface area contributed by atoms with Crippen molar-refractivity contribution in [3.63, 3.8) is 0 Å². The smallest absolute Gasteiger partial charge is 0.337 e. The molecule has 8 heteroatoms. The predicted molar refractivity (Wildman–Crippen MR) is 187 cm³/mol. The lowest BCUT2D eigenvalue weighted by Crippen LogP contribution is -2.07. The Bertz CT molecular complexity index is 2140. The fourth-order valence-electron chi connectivity index (χ4n) is 4.08. The first-order chi connectivity index (χ1) is 23.9. The molecule has 50 heavy (non-hydrogen) atoms. The number of rotatable bonds is 9. The monoisotopic (exact) mass is 668 g/mol. The maximum absolute atomic E-state index is 15.4. The fraction of sp³-hybridized carbons (Fsp3) is 0.0714. The molecule has 0 spiro atoms. The minimum atomic E-state index is -1.33. The van der Waals surface area contributed by atoms with E-state index in [1.165, 1.54) is 6.26 Å². The summed E-state index contributed by atoms with van der Waals surface area (Å²) >= 11 is 0. The highest BCUT2D eigenvalue weighted by molar-refractivity contribution is 5.88. The molecule has 0 N–H and O–H groups in total. The Morgan fingerprint density at radius 1 is 0.740 bits per heavy atom. The lowest BCUT2D eigenvalue weighted by atomic mass is 10.0. The Morgan fingerprint density at radius 2 is 1.30 bits per heavy atom. The van der Waals surface area contributed by atoms with Crippen molar-refractivity contribution in [1.29, 1.82) is 0 Å².